The van der Waals surface area contributed by atoms with Crippen molar-refractivity contribution in [2.24, 2.45) is 0 Å². The summed E-state index contributed by atoms with van der Waals surface area (Å²) >= 11 is 0. The van der Waals surface area contributed by atoms with Gasteiger partial charge in [-0.25, -0.2) is 0 Å². The molecular weight excluding hydrogens is 238 g/mol. The second kappa shape index (κ2) is 7.04. The molecule has 3 unspecified atom stereocenters. The van der Waals surface area contributed by atoms with Crippen molar-refractivity contribution in [3.8, 4) is 0 Å². The SMILES string of the molecule is CNC1c2ccccc2CCCC1OC(C)COC. The van der Waals surface area contributed by atoms with Crippen LogP contribution in [0.3, 0.4) is 0 Å². The molecule has 3 heteroatoms. The zero-order valence-corrected chi connectivity index (χ0v) is 12.2. The van der Waals surface area contributed by atoms with Crippen LogP contribution in [0.25, 0.3) is 0 Å². The van der Waals surface area contributed by atoms with E-state index in [9.17, 15) is 0 Å². The lowest BCUT2D eigenvalue weighted by Gasteiger charge is -2.29. The van der Waals surface area contributed by atoms with Crippen molar-refractivity contribution >= 4 is 0 Å². The Morgan fingerprint density at radius 3 is 2.89 bits per heavy atom. The minimum absolute atomic E-state index is 0.135. The lowest BCUT2D eigenvalue weighted by Crippen LogP contribution is -2.34. The zero-order chi connectivity index (χ0) is 13.7. The summed E-state index contributed by atoms with van der Waals surface area (Å²) < 4.78 is 11.4. The number of nitrogens with one attached hydrogen (secondary N) is 1. The largest absolute Gasteiger partial charge is 0.382 e. The highest BCUT2D eigenvalue weighted by atomic mass is 16.5. The molecule has 2 rings (SSSR count). The quantitative estimate of drug-likeness (QED) is 0.829. The van der Waals surface area contributed by atoms with Gasteiger partial charge in [0.05, 0.1) is 24.9 Å². The monoisotopic (exact) mass is 263 g/mol. The first kappa shape index (κ1) is 14.5. The Bertz CT molecular complexity index is 394. The van der Waals surface area contributed by atoms with Crippen LogP contribution in [0.15, 0.2) is 24.3 Å². The molecule has 1 aromatic rings. The van der Waals surface area contributed by atoms with Crippen LogP contribution in [-0.2, 0) is 15.9 Å². The van der Waals surface area contributed by atoms with Crippen molar-refractivity contribution in [2.75, 3.05) is 20.8 Å². The van der Waals surface area contributed by atoms with Crippen molar-refractivity contribution in [3.63, 3.8) is 0 Å². The standard InChI is InChI=1S/C16H25NO2/c1-12(11-18-3)19-15-10-6-8-13-7-4-5-9-14(13)16(15)17-2/h4-5,7,9,12,15-17H,6,8,10-11H2,1-3H3. The number of methoxy groups -OCH3 is 1. The molecule has 1 aromatic carbocycles. The summed E-state index contributed by atoms with van der Waals surface area (Å²) in [5.74, 6) is 0. The van der Waals surface area contributed by atoms with Gasteiger partial charge in [-0.05, 0) is 44.4 Å². The summed E-state index contributed by atoms with van der Waals surface area (Å²) in [6, 6.07) is 8.97. The molecule has 0 fully saturated rings. The van der Waals surface area contributed by atoms with Crippen molar-refractivity contribution in [1.29, 1.82) is 0 Å². The highest BCUT2D eigenvalue weighted by Gasteiger charge is 2.28. The van der Waals surface area contributed by atoms with E-state index in [0.717, 1.165) is 12.8 Å². The topological polar surface area (TPSA) is 30.5 Å². The van der Waals surface area contributed by atoms with Gasteiger partial charge in [0.2, 0.25) is 0 Å². The van der Waals surface area contributed by atoms with Crippen LogP contribution in [-0.4, -0.2) is 33.0 Å². The van der Waals surface area contributed by atoms with E-state index >= 15 is 0 Å². The lowest BCUT2D eigenvalue weighted by molar-refractivity contribution is -0.0557. The molecule has 0 amide bonds. The van der Waals surface area contributed by atoms with Crippen LogP contribution < -0.4 is 5.32 Å². The molecule has 19 heavy (non-hydrogen) atoms. The van der Waals surface area contributed by atoms with Crippen molar-refractivity contribution in [2.45, 2.75) is 44.4 Å². The van der Waals surface area contributed by atoms with E-state index in [-0.39, 0.29) is 18.2 Å². The molecule has 1 N–H and O–H groups in total. The number of fused-ring (bicyclic) bond motifs is 1. The molecule has 0 aliphatic heterocycles. The molecule has 0 spiro atoms. The maximum atomic E-state index is 6.18. The summed E-state index contributed by atoms with van der Waals surface area (Å²) in [7, 11) is 3.74. The smallest absolute Gasteiger partial charge is 0.0785 e. The molecule has 0 radical (unpaired) electrons. The first-order chi connectivity index (χ1) is 9.26. The molecule has 106 valence electrons. The minimum Gasteiger partial charge on any atom is -0.382 e. The number of aryl methyl sites for hydroxylation is 1. The van der Waals surface area contributed by atoms with Gasteiger partial charge in [0.15, 0.2) is 0 Å². The van der Waals surface area contributed by atoms with Gasteiger partial charge >= 0.3 is 0 Å². The fourth-order valence-electron chi connectivity index (χ4n) is 2.99. The Labute approximate surface area is 116 Å². The van der Waals surface area contributed by atoms with Crippen LogP contribution in [0.1, 0.15) is 36.9 Å². The Morgan fingerprint density at radius 1 is 1.37 bits per heavy atom. The van der Waals surface area contributed by atoms with E-state index < -0.39 is 0 Å². The Balaban J connectivity index is 2.16. The number of rotatable bonds is 5. The van der Waals surface area contributed by atoms with Gasteiger partial charge in [0.1, 0.15) is 0 Å². The number of hydrogen-bond donors (Lipinski definition) is 1. The van der Waals surface area contributed by atoms with Gasteiger partial charge in [-0.1, -0.05) is 24.3 Å². The van der Waals surface area contributed by atoms with Crippen LogP contribution in [0.2, 0.25) is 0 Å². The van der Waals surface area contributed by atoms with Gasteiger partial charge in [-0.15, -0.1) is 0 Å². The third-order valence-corrected chi connectivity index (χ3v) is 3.82. The van der Waals surface area contributed by atoms with E-state index in [1.807, 2.05) is 7.05 Å². The first-order valence-corrected chi connectivity index (χ1v) is 7.15. The normalized spacial score (nSPS) is 24.6. The summed E-state index contributed by atoms with van der Waals surface area (Å²) in [5, 5.41) is 3.43. The fourth-order valence-corrected chi connectivity index (χ4v) is 2.99. The third kappa shape index (κ3) is 3.56. The number of ether oxygens (including phenoxy) is 2. The molecule has 0 saturated carbocycles. The maximum absolute atomic E-state index is 6.18. The van der Waals surface area contributed by atoms with Crippen molar-refractivity contribution in [3.05, 3.63) is 35.4 Å². The number of likely N-dealkylation sites (N-methyl/N-ethyl adjacent to an activating group) is 1. The number of hydrogen-bond acceptors (Lipinski definition) is 3. The minimum atomic E-state index is 0.135. The van der Waals surface area contributed by atoms with Gasteiger partial charge < -0.3 is 14.8 Å². The van der Waals surface area contributed by atoms with E-state index in [4.69, 9.17) is 9.47 Å². The molecule has 3 atom stereocenters. The van der Waals surface area contributed by atoms with Crippen LogP contribution in [0.4, 0.5) is 0 Å². The Hall–Kier alpha value is -0.900. The lowest BCUT2D eigenvalue weighted by atomic mass is 9.97. The maximum Gasteiger partial charge on any atom is 0.0785 e. The average Bonchev–Trinajstić information content (AvgIpc) is 2.57. The predicted molar refractivity (Wildman–Crippen MR) is 77.4 cm³/mol. The molecule has 0 saturated heterocycles. The average molecular weight is 263 g/mol. The Morgan fingerprint density at radius 2 is 2.16 bits per heavy atom. The van der Waals surface area contributed by atoms with Gasteiger partial charge in [-0.3, -0.25) is 0 Å². The summed E-state index contributed by atoms with van der Waals surface area (Å²) in [6.07, 6.45) is 3.77. The molecule has 0 bridgehead atoms. The molecule has 0 aromatic heterocycles. The zero-order valence-electron chi connectivity index (χ0n) is 12.2. The predicted octanol–water partition coefficient (Wildman–Crippen LogP) is 2.70. The third-order valence-electron chi connectivity index (χ3n) is 3.82. The highest BCUT2D eigenvalue weighted by molar-refractivity contribution is 5.32. The second-order valence-corrected chi connectivity index (χ2v) is 5.30. The summed E-state index contributed by atoms with van der Waals surface area (Å²) in [4.78, 5) is 0. The van der Waals surface area contributed by atoms with Gasteiger partial charge in [0, 0.05) is 7.11 Å². The molecule has 1 aliphatic carbocycles. The van der Waals surface area contributed by atoms with Crippen molar-refractivity contribution in [1.82, 2.24) is 5.32 Å². The molecular formula is C16H25NO2. The van der Waals surface area contributed by atoms with Crippen LogP contribution >= 0.6 is 0 Å². The summed E-state index contributed by atoms with van der Waals surface area (Å²) in [5.41, 5.74) is 2.84. The van der Waals surface area contributed by atoms with Gasteiger partial charge in [0.25, 0.3) is 0 Å². The molecule has 3 nitrogen and oxygen atoms in total. The van der Waals surface area contributed by atoms with Crippen LogP contribution in [0.5, 0.6) is 0 Å². The summed E-state index contributed by atoms with van der Waals surface area (Å²) in [6.45, 7) is 2.72. The second-order valence-electron chi connectivity index (χ2n) is 5.30. The fraction of sp³-hybridized carbons (Fsp3) is 0.625. The van der Waals surface area contributed by atoms with Crippen LogP contribution in [0, 0.1) is 0 Å². The number of benzene rings is 1. The van der Waals surface area contributed by atoms with Gasteiger partial charge in [-0.2, -0.15) is 0 Å². The van der Waals surface area contributed by atoms with E-state index in [1.54, 1.807) is 7.11 Å². The Kier molecular flexibility index (Phi) is 5.37. The highest BCUT2D eigenvalue weighted by Crippen LogP contribution is 2.31. The first-order valence-electron chi connectivity index (χ1n) is 7.15. The molecule has 1 aliphatic rings. The molecule has 0 heterocycles. The van der Waals surface area contributed by atoms with E-state index in [1.165, 1.54) is 17.5 Å². The van der Waals surface area contributed by atoms with E-state index in [2.05, 4.69) is 36.5 Å². The van der Waals surface area contributed by atoms with Crippen molar-refractivity contribution < 1.29 is 9.47 Å². The van der Waals surface area contributed by atoms with E-state index in [0.29, 0.717) is 6.61 Å².